The molecule has 0 heterocycles. The molecule has 0 spiro atoms. The largest absolute Gasteiger partial charge is 0.398 e. The van der Waals surface area contributed by atoms with Crippen LogP contribution in [-0.4, -0.2) is 18.4 Å². The Labute approximate surface area is 96.4 Å². The van der Waals surface area contributed by atoms with Crippen molar-refractivity contribution < 1.29 is 14.4 Å². The van der Waals surface area contributed by atoms with Gasteiger partial charge in [-0.25, -0.2) is 5.48 Å². The van der Waals surface area contributed by atoms with Crippen LogP contribution in [0.5, 0.6) is 0 Å². The van der Waals surface area contributed by atoms with E-state index in [9.17, 15) is 9.59 Å². The molecule has 0 bridgehead atoms. The van der Waals surface area contributed by atoms with E-state index in [1.807, 2.05) is 5.48 Å². The highest BCUT2D eigenvalue weighted by molar-refractivity contribution is 6.33. The van der Waals surface area contributed by atoms with Crippen LogP contribution in [-0.2, 0) is 9.63 Å². The van der Waals surface area contributed by atoms with E-state index in [-0.39, 0.29) is 10.6 Å². The van der Waals surface area contributed by atoms with E-state index in [1.165, 1.54) is 18.2 Å². The van der Waals surface area contributed by atoms with E-state index in [1.54, 1.807) is 0 Å². The molecule has 0 atom stereocenters. The molecule has 16 heavy (non-hydrogen) atoms. The minimum atomic E-state index is -0.685. The van der Waals surface area contributed by atoms with Crippen LogP contribution < -0.4 is 16.9 Å². The number of rotatable bonds is 4. The second-order valence-corrected chi connectivity index (χ2v) is 3.33. The molecule has 1 aromatic carbocycles. The topological polar surface area (TPSA) is 107 Å². The molecule has 1 rings (SSSR count). The van der Waals surface area contributed by atoms with Crippen molar-refractivity contribution in [2.24, 2.45) is 5.73 Å². The zero-order valence-electron chi connectivity index (χ0n) is 8.20. The van der Waals surface area contributed by atoms with Crippen molar-refractivity contribution in [2.75, 3.05) is 12.3 Å². The van der Waals surface area contributed by atoms with Crippen molar-refractivity contribution in [1.82, 2.24) is 5.48 Å². The lowest BCUT2D eigenvalue weighted by atomic mass is 10.2. The number of hydrogen-bond acceptors (Lipinski definition) is 4. The summed E-state index contributed by atoms with van der Waals surface area (Å²) < 4.78 is 0. The van der Waals surface area contributed by atoms with Crippen molar-refractivity contribution in [2.45, 2.75) is 0 Å². The van der Waals surface area contributed by atoms with Crippen LogP contribution in [0, 0.1) is 0 Å². The van der Waals surface area contributed by atoms with Crippen LogP contribution in [0.1, 0.15) is 10.4 Å². The number of nitrogen functional groups attached to an aromatic ring is 1. The second kappa shape index (κ2) is 5.34. The number of nitrogens with two attached hydrogens (primary N) is 2. The van der Waals surface area contributed by atoms with Crippen molar-refractivity contribution >= 4 is 29.1 Å². The Morgan fingerprint density at radius 1 is 1.44 bits per heavy atom. The number of primary amides is 1. The van der Waals surface area contributed by atoms with Gasteiger partial charge >= 0.3 is 0 Å². The van der Waals surface area contributed by atoms with Gasteiger partial charge in [-0.15, -0.1) is 0 Å². The molecule has 0 aliphatic heterocycles. The van der Waals surface area contributed by atoms with Gasteiger partial charge in [-0.3, -0.25) is 14.4 Å². The minimum absolute atomic E-state index is 0.266. The smallest absolute Gasteiger partial charge is 0.274 e. The maximum Gasteiger partial charge on any atom is 0.274 e. The van der Waals surface area contributed by atoms with Crippen LogP contribution in [0.3, 0.4) is 0 Å². The SMILES string of the molecule is NC(=O)CONC(=O)c1ccc(N)c(Cl)c1. The van der Waals surface area contributed by atoms with Gasteiger partial charge in [0.15, 0.2) is 6.61 Å². The third-order valence-electron chi connectivity index (χ3n) is 1.64. The average molecular weight is 244 g/mol. The molecular formula is C9H10ClN3O3. The molecule has 2 amide bonds. The van der Waals surface area contributed by atoms with Gasteiger partial charge in [0.1, 0.15) is 0 Å². The first-order valence-electron chi connectivity index (χ1n) is 4.26. The zero-order chi connectivity index (χ0) is 12.1. The second-order valence-electron chi connectivity index (χ2n) is 2.92. The molecule has 0 saturated heterocycles. The fraction of sp³-hybridized carbons (Fsp3) is 0.111. The molecule has 0 aliphatic rings. The fourth-order valence-electron chi connectivity index (χ4n) is 0.900. The Kier molecular flexibility index (Phi) is 4.10. The summed E-state index contributed by atoms with van der Waals surface area (Å²) in [6.07, 6.45) is 0. The highest BCUT2D eigenvalue weighted by atomic mass is 35.5. The quantitative estimate of drug-likeness (QED) is 0.514. The first kappa shape index (κ1) is 12.3. The third kappa shape index (κ3) is 3.41. The van der Waals surface area contributed by atoms with E-state index in [0.717, 1.165) is 0 Å². The lowest BCUT2D eigenvalue weighted by molar-refractivity contribution is -0.124. The Hall–Kier alpha value is -1.79. The third-order valence-corrected chi connectivity index (χ3v) is 1.97. The van der Waals surface area contributed by atoms with Crippen LogP contribution in [0.4, 0.5) is 5.69 Å². The van der Waals surface area contributed by atoms with Crippen molar-refractivity contribution in [3.8, 4) is 0 Å². The molecule has 0 aromatic heterocycles. The summed E-state index contributed by atoms with van der Waals surface area (Å²) in [5, 5.41) is 0.266. The number of anilines is 1. The maximum absolute atomic E-state index is 11.4. The van der Waals surface area contributed by atoms with Crippen LogP contribution in [0.2, 0.25) is 5.02 Å². The highest BCUT2D eigenvalue weighted by Gasteiger charge is 2.07. The van der Waals surface area contributed by atoms with E-state index in [4.69, 9.17) is 23.1 Å². The van der Waals surface area contributed by atoms with Gasteiger partial charge < -0.3 is 11.5 Å². The Balaban J connectivity index is 2.59. The molecule has 1 aromatic rings. The van der Waals surface area contributed by atoms with Gasteiger partial charge in [0.2, 0.25) is 5.91 Å². The van der Waals surface area contributed by atoms with Gasteiger partial charge in [-0.2, -0.15) is 0 Å². The summed E-state index contributed by atoms with van der Waals surface area (Å²) in [6.45, 7) is -0.394. The lowest BCUT2D eigenvalue weighted by Crippen LogP contribution is -2.29. The number of carbonyl (C=O) groups excluding carboxylic acids is 2. The van der Waals surface area contributed by atoms with Crippen LogP contribution in [0.15, 0.2) is 18.2 Å². The lowest BCUT2D eigenvalue weighted by Gasteiger charge is -2.05. The molecule has 86 valence electrons. The number of benzene rings is 1. The number of nitrogens with one attached hydrogen (secondary N) is 1. The number of halogens is 1. The standard InChI is InChI=1S/C9H10ClN3O3/c10-6-3-5(1-2-7(6)11)9(15)13-16-4-8(12)14/h1-3H,4,11H2,(H2,12,14)(H,13,15). The number of amides is 2. The van der Waals surface area contributed by atoms with Crippen LogP contribution in [0.25, 0.3) is 0 Å². The highest BCUT2D eigenvalue weighted by Crippen LogP contribution is 2.19. The van der Waals surface area contributed by atoms with Crippen LogP contribution >= 0.6 is 11.6 Å². The summed E-state index contributed by atoms with van der Waals surface area (Å²) in [7, 11) is 0. The molecule has 0 saturated carbocycles. The van der Waals surface area contributed by atoms with Gasteiger partial charge in [0.05, 0.1) is 10.7 Å². The molecule has 6 nitrogen and oxygen atoms in total. The monoisotopic (exact) mass is 243 g/mol. The first-order valence-corrected chi connectivity index (χ1v) is 4.64. The molecule has 5 N–H and O–H groups in total. The van der Waals surface area contributed by atoms with E-state index in [2.05, 4.69) is 4.84 Å². The van der Waals surface area contributed by atoms with Crippen molar-refractivity contribution in [3.05, 3.63) is 28.8 Å². The summed E-state index contributed by atoms with van der Waals surface area (Å²) in [5.41, 5.74) is 13.0. The zero-order valence-corrected chi connectivity index (χ0v) is 8.95. The molecule has 0 unspecified atom stereocenters. The van der Waals surface area contributed by atoms with Gasteiger partial charge in [0.25, 0.3) is 5.91 Å². The van der Waals surface area contributed by atoms with Gasteiger partial charge in [-0.05, 0) is 18.2 Å². The predicted octanol–water partition coefficient (Wildman–Crippen LogP) is 0.0689. The molecule has 0 fully saturated rings. The summed E-state index contributed by atoms with van der Waals surface area (Å²) in [6, 6.07) is 4.36. The Morgan fingerprint density at radius 3 is 2.69 bits per heavy atom. The number of hydrogen-bond donors (Lipinski definition) is 3. The Bertz CT molecular complexity index is 422. The van der Waals surface area contributed by atoms with Crippen molar-refractivity contribution in [1.29, 1.82) is 0 Å². The summed E-state index contributed by atoms with van der Waals surface area (Å²) in [4.78, 5) is 26.3. The normalized spacial score (nSPS) is 9.81. The number of carbonyl (C=O) groups is 2. The minimum Gasteiger partial charge on any atom is -0.398 e. The van der Waals surface area contributed by atoms with Crippen molar-refractivity contribution in [3.63, 3.8) is 0 Å². The molecule has 0 radical (unpaired) electrons. The fourth-order valence-corrected chi connectivity index (χ4v) is 1.08. The summed E-state index contributed by atoms with van der Waals surface area (Å²) >= 11 is 5.72. The molecule has 0 aliphatic carbocycles. The van der Waals surface area contributed by atoms with Gasteiger partial charge in [0, 0.05) is 5.56 Å². The predicted molar refractivity (Wildman–Crippen MR) is 58.5 cm³/mol. The van der Waals surface area contributed by atoms with Gasteiger partial charge in [-0.1, -0.05) is 11.6 Å². The number of hydroxylamine groups is 1. The maximum atomic E-state index is 11.4. The average Bonchev–Trinajstić information content (AvgIpc) is 2.21. The molecular weight excluding hydrogens is 234 g/mol. The van der Waals surface area contributed by atoms with E-state index >= 15 is 0 Å². The molecule has 7 heteroatoms. The summed E-state index contributed by atoms with van der Waals surface area (Å²) in [5.74, 6) is -1.22. The first-order chi connectivity index (χ1) is 7.50. The Morgan fingerprint density at radius 2 is 2.12 bits per heavy atom. The van der Waals surface area contributed by atoms with E-state index < -0.39 is 18.4 Å². The van der Waals surface area contributed by atoms with E-state index in [0.29, 0.717) is 5.69 Å².